The Morgan fingerprint density at radius 3 is 2.76 bits per heavy atom. The first kappa shape index (κ1) is 14.5. The molecule has 0 bridgehead atoms. The molecule has 0 radical (unpaired) electrons. The van der Waals surface area contributed by atoms with Gasteiger partial charge in [0.15, 0.2) is 0 Å². The fourth-order valence-corrected chi connectivity index (χ4v) is 2.31. The molecule has 98 valence electrons. The molecule has 1 unspecified atom stereocenters. The van der Waals surface area contributed by atoms with Crippen molar-refractivity contribution in [1.82, 2.24) is 5.32 Å². The van der Waals surface area contributed by atoms with E-state index in [1.165, 1.54) is 0 Å². The topological polar surface area (TPSA) is 21.3 Å². The molecular formula is C11H16F3NOS. The van der Waals surface area contributed by atoms with Gasteiger partial charge in [0.1, 0.15) is 6.61 Å². The van der Waals surface area contributed by atoms with E-state index in [2.05, 4.69) is 10.1 Å². The lowest BCUT2D eigenvalue weighted by molar-refractivity contribution is -0.174. The van der Waals surface area contributed by atoms with Gasteiger partial charge in [-0.1, -0.05) is 13.0 Å². The highest BCUT2D eigenvalue weighted by atomic mass is 32.1. The van der Waals surface area contributed by atoms with Gasteiger partial charge in [0.25, 0.3) is 0 Å². The Hall–Kier alpha value is -0.590. The Balaban J connectivity index is 2.31. The van der Waals surface area contributed by atoms with Gasteiger partial charge in [0.05, 0.1) is 0 Å². The first-order chi connectivity index (χ1) is 8.03. The van der Waals surface area contributed by atoms with Gasteiger partial charge in [-0.15, -0.1) is 11.3 Å². The predicted octanol–water partition coefficient (Wildman–Crippen LogP) is 3.37. The highest BCUT2D eigenvalue weighted by Crippen LogP contribution is 2.22. The van der Waals surface area contributed by atoms with E-state index in [0.717, 1.165) is 11.4 Å². The minimum atomic E-state index is -4.24. The van der Waals surface area contributed by atoms with Gasteiger partial charge in [0.2, 0.25) is 0 Å². The average Bonchev–Trinajstić information content (AvgIpc) is 2.74. The Kier molecular flexibility index (Phi) is 5.94. The van der Waals surface area contributed by atoms with Crippen LogP contribution in [-0.2, 0) is 4.74 Å². The van der Waals surface area contributed by atoms with Crippen molar-refractivity contribution in [2.45, 2.75) is 25.6 Å². The number of nitrogens with one attached hydrogen (secondary N) is 1. The normalized spacial score (nSPS) is 13.9. The highest BCUT2D eigenvalue weighted by molar-refractivity contribution is 7.10. The van der Waals surface area contributed by atoms with Crippen LogP contribution in [0.15, 0.2) is 17.5 Å². The number of halogens is 3. The summed E-state index contributed by atoms with van der Waals surface area (Å²) < 4.78 is 40.2. The predicted molar refractivity (Wildman–Crippen MR) is 62.2 cm³/mol. The van der Waals surface area contributed by atoms with Crippen LogP contribution in [0.3, 0.4) is 0 Å². The van der Waals surface area contributed by atoms with E-state index in [4.69, 9.17) is 0 Å². The van der Waals surface area contributed by atoms with E-state index < -0.39 is 12.8 Å². The Labute approximate surface area is 103 Å². The lowest BCUT2D eigenvalue weighted by atomic mass is 10.2. The van der Waals surface area contributed by atoms with Crippen molar-refractivity contribution in [1.29, 1.82) is 0 Å². The number of hydrogen-bond donors (Lipinski definition) is 1. The summed E-state index contributed by atoms with van der Waals surface area (Å²) in [7, 11) is 0. The molecule has 0 aliphatic carbocycles. The number of alkyl halides is 3. The summed E-state index contributed by atoms with van der Waals surface area (Å²) in [6, 6.07) is 3.98. The Morgan fingerprint density at radius 2 is 2.24 bits per heavy atom. The molecule has 2 nitrogen and oxygen atoms in total. The van der Waals surface area contributed by atoms with Gasteiger partial charge in [-0.3, -0.25) is 0 Å². The van der Waals surface area contributed by atoms with Crippen LogP contribution in [0.1, 0.15) is 24.3 Å². The molecule has 6 heteroatoms. The third-order valence-electron chi connectivity index (χ3n) is 2.15. The number of ether oxygens (including phenoxy) is 1. The SMILES string of the molecule is CCNC(CCOCC(F)(F)F)c1cccs1. The fraction of sp³-hybridized carbons (Fsp3) is 0.636. The summed E-state index contributed by atoms with van der Waals surface area (Å²) in [5, 5.41) is 5.19. The second kappa shape index (κ2) is 6.98. The molecule has 0 aliphatic heterocycles. The maximum absolute atomic E-state index is 11.9. The lowest BCUT2D eigenvalue weighted by Gasteiger charge is -2.16. The molecule has 1 aromatic rings. The summed E-state index contributed by atoms with van der Waals surface area (Å²) in [4.78, 5) is 1.13. The number of rotatable bonds is 7. The zero-order chi connectivity index (χ0) is 12.7. The van der Waals surface area contributed by atoms with Crippen LogP contribution >= 0.6 is 11.3 Å². The van der Waals surface area contributed by atoms with Crippen LogP contribution in [0.25, 0.3) is 0 Å². The molecule has 0 fully saturated rings. The zero-order valence-electron chi connectivity index (χ0n) is 9.59. The molecule has 1 heterocycles. The van der Waals surface area contributed by atoms with E-state index in [9.17, 15) is 13.2 Å². The summed E-state index contributed by atoms with van der Waals surface area (Å²) >= 11 is 1.59. The third kappa shape index (κ3) is 6.05. The first-order valence-corrected chi connectivity index (χ1v) is 6.32. The molecule has 0 amide bonds. The van der Waals surface area contributed by atoms with Crippen LogP contribution in [0, 0.1) is 0 Å². The van der Waals surface area contributed by atoms with Crippen molar-refractivity contribution < 1.29 is 17.9 Å². The van der Waals surface area contributed by atoms with E-state index in [-0.39, 0.29) is 12.6 Å². The van der Waals surface area contributed by atoms with Gasteiger partial charge in [0, 0.05) is 17.5 Å². The second-order valence-corrected chi connectivity index (χ2v) is 4.56. The van der Waals surface area contributed by atoms with Gasteiger partial charge >= 0.3 is 6.18 Å². The van der Waals surface area contributed by atoms with Crippen molar-refractivity contribution in [2.24, 2.45) is 0 Å². The van der Waals surface area contributed by atoms with Crippen molar-refractivity contribution >= 4 is 11.3 Å². The summed E-state index contributed by atoms with van der Waals surface area (Å²) in [6.07, 6.45) is -3.69. The van der Waals surface area contributed by atoms with Crippen molar-refractivity contribution in [2.75, 3.05) is 19.8 Å². The van der Waals surface area contributed by atoms with E-state index in [0.29, 0.717) is 6.42 Å². The van der Waals surface area contributed by atoms with Gasteiger partial charge < -0.3 is 10.1 Å². The smallest absolute Gasteiger partial charge is 0.372 e. The minimum Gasteiger partial charge on any atom is -0.372 e. The van der Waals surface area contributed by atoms with Crippen LogP contribution in [0.5, 0.6) is 0 Å². The summed E-state index contributed by atoms with van der Waals surface area (Å²) in [6.45, 7) is 1.68. The number of thiophene rings is 1. The van der Waals surface area contributed by atoms with E-state index >= 15 is 0 Å². The monoisotopic (exact) mass is 267 g/mol. The van der Waals surface area contributed by atoms with Crippen molar-refractivity contribution in [3.63, 3.8) is 0 Å². The Bertz CT molecular complexity index is 300. The molecule has 1 atom stereocenters. The summed E-state index contributed by atoms with van der Waals surface area (Å²) in [5.74, 6) is 0. The molecule has 0 aliphatic rings. The molecule has 0 saturated heterocycles. The van der Waals surface area contributed by atoms with Crippen LogP contribution in [0.4, 0.5) is 13.2 Å². The summed E-state index contributed by atoms with van der Waals surface area (Å²) in [5.41, 5.74) is 0. The molecular weight excluding hydrogens is 251 g/mol. The fourth-order valence-electron chi connectivity index (χ4n) is 1.47. The largest absolute Gasteiger partial charge is 0.411 e. The molecule has 17 heavy (non-hydrogen) atoms. The van der Waals surface area contributed by atoms with Gasteiger partial charge in [-0.05, 0) is 24.4 Å². The average molecular weight is 267 g/mol. The highest BCUT2D eigenvalue weighted by Gasteiger charge is 2.27. The van der Waals surface area contributed by atoms with E-state index in [1.54, 1.807) is 11.3 Å². The molecule has 0 saturated carbocycles. The minimum absolute atomic E-state index is 0.0771. The zero-order valence-corrected chi connectivity index (χ0v) is 10.4. The Morgan fingerprint density at radius 1 is 1.47 bits per heavy atom. The lowest BCUT2D eigenvalue weighted by Crippen LogP contribution is -2.23. The second-order valence-electron chi connectivity index (χ2n) is 3.58. The van der Waals surface area contributed by atoms with Crippen LogP contribution < -0.4 is 5.32 Å². The maximum Gasteiger partial charge on any atom is 0.411 e. The maximum atomic E-state index is 11.9. The molecule has 0 aromatic carbocycles. The van der Waals surface area contributed by atoms with E-state index in [1.807, 2.05) is 24.4 Å². The molecule has 1 rings (SSSR count). The molecule has 0 spiro atoms. The van der Waals surface area contributed by atoms with Gasteiger partial charge in [-0.2, -0.15) is 13.2 Å². The van der Waals surface area contributed by atoms with Crippen LogP contribution in [-0.4, -0.2) is 25.9 Å². The van der Waals surface area contributed by atoms with Gasteiger partial charge in [-0.25, -0.2) is 0 Å². The molecule has 1 N–H and O–H groups in total. The third-order valence-corrected chi connectivity index (χ3v) is 3.14. The number of hydrogen-bond acceptors (Lipinski definition) is 3. The van der Waals surface area contributed by atoms with Crippen molar-refractivity contribution in [3.8, 4) is 0 Å². The first-order valence-electron chi connectivity index (χ1n) is 5.44. The molecule has 1 aromatic heterocycles. The van der Waals surface area contributed by atoms with Crippen LogP contribution in [0.2, 0.25) is 0 Å². The standard InChI is InChI=1S/C11H16F3NOS/c1-2-15-9(10-4-3-7-17-10)5-6-16-8-11(12,13)14/h3-4,7,9,15H,2,5-6,8H2,1H3. The quantitative estimate of drug-likeness (QED) is 0.765. The van der Waals surface area contributed by atoms with Crippen molar-refractivity contribution in [3.05, 3.63) is 22.4 Å².